The number of hydrogen-bond donors (Lipinski definition) is 0. The Labute approximate surface area is 172 Å². The molecule has 146 valence electrons. The van der Waals surface area contributed by atoms with Crippen molar-refractivity contribution in [1.82, 2.24) is 14.5 Å². The van der Waals surface area contributed by atoms with Crippen LogP contribution in [0.2, 0.25) is 0 Å². The van der Waals surface area contributed by atoms with E-state index in [1.807, 2.05) is 35.2 Å². The van der Waals surface area contributed by atoms with Crippen molar-refractivity contribution in [3.05, 3.63) is 48.5 Å². The third kappa shape index (κ3) is 2.72. The van der Waals surface area contributed by atoms with E-state index in [-0.39, 0.29) is 11.8 Å². The van der Waals surface area contributed by atoms with Gasteiger partial charge < -0.3 is 9.47 Å². The second-order valence-electron chi connectivity index (χ2n) is 7.79. The molecular weight excluding hydrogens is 382 g/mol. The summed E-state index contributed by atoms with van der Waals surface area (Å²) < 4.78 is 3.37. The summed E-state index contributed by atoms with van der Waals surface area (Å²) in [5.41, 5.74) is 3.10. The fraction of sp³-hybridized carbons (Fsp3) is 0.318. The average Bonchev–Trinajstić information content (AvgIpc) is 3.46. The lowest BCUT2D eigenvalue weighted by Crippen LogP contribution is -2.44. The normalized spacial score (nSPS) is 19.2. The van der Waals surface area contributed by atoms with Crippen molar-refractivity contribution in [2.45, 2.75) is 19.4 Å². The van der Waals surface area contributed by atoms with Crippen LogP contribution in [-0.2, 0) is 11.3 Å². The third-order valence-electron chi connectivity index (χ3n) is 6.01. The maximum absolute atomic E-state index is 13.4. The van der Waals surface area contributed by atoms with Crippen LogP contribution in [0.5, 0.6) is 0 Å². The quantitative estimate of drug-likeness (QED) is 0.509. The smallest absolute Gasteiger partial charge is 0.234 e. The first-order valence-corrected chi connectivity index (χ1v) is 11.0. The highest BCUT2D eigenvalue weighted by Crippen LogP contribution is 2.33. The summed E-state index contributed by atoms with van der Waals surface area (Å²) in [6.45, 7) is 3.22. The van der Waals surface area contributed by atoms with Crippen molar-refractivity contribution in [2.24, 2.45) is 5.92 Å². The molecule has 0 aliphatic carbocycles. The van der Waals surface area contributed by atoms with Crippen LogP contribution in [0.25, 0.3) is 21.3 Å². The minimum Gasteiger partial charge on any atom is -0.347 e. The van der Waals surface area contributed by atoms with Crippen molar-refractivity contribution in [3.8, 4) is 0 Å². The number of carbonyl (C=O) groups is 1. The Kier molecular flexibility index (Phi) is 3.84. The summed E-state index contributed by atoms with van der Waals surface area (Å²) in [6.07, 6.45) is 1.94. The molecule has 6 rings (SSSR count). The van der Waals surface area contributed by atoms with Gasteiger partial charge in [0.15, 0.2) is 5.13 Å². The predicted octanol–water partition coefficient (Wildman–Crippen LogP) is 3.91. The van der Waals surface area contributed by atoms with Crippen LogP contribution in [0.15, 0.2) is 48.5 Å². The highest BCUT2D eigenvalue weighted by atomic mass is 32.1. The van der Waals surface area contributed by atoms with Crippen molar-refractivity contribution in [2.75, 3.05) is 29.4 Å². The minimum atomic E-state index is -0.0119. The number of thiazole rings is 1. The number of aromatic nitrogens is 3. The second kappa shape index (κ2) is 6.56. The zero-order valence-corrected chi connectivity index (χ0v) is 16.8. The number of amides is 1. The van der Waals surface area contributed by atoms with E-state index in [2.05, 4.69) is 27.7 Å². The Morgan fingerprint density at radius 2 is 1.79 bits per heavy atom. The molecule has 0 spiro atoms. The first-order chi connectivity index (χ1) is 14.3. The van der Waals surface area contributed by atoms with Gasteiger partial charge in [-0.25, -0.2) is 9.97 Å². The Bertz CT molecular complexity index is 1200. The van der Waals surface area contributed by atoms with Crippen molar-refractivity contribution < 1.29 is 4.79 Å². The highest BCUT2D eigenvalue weighted by Gasteiger charge is 2.35. The molecule has 7 heteroatoms. The zero-order chi connectivity index (χ0) is 19.4. The maximum atomic E-state index is 13.4. The van der Waals surface area contributed by atoms with Gasteiger partial charge in [0.25, 0.3) is 0 Å². The molecule has 1 unspecified atom stereocenters. The van der Waals surface area contributed by atoms with Crippen molar-refractivity contribution in [3.63, 3.8) is 0 Å². The minimum absolute atomic E-state index is 0.0119. The predicted molar refractivity (Wildman–Crippen MR) is 117 cm³/mol. The number of carbonyl (C=O) groups excluding carboxylic acids is 1. The van der Waals surface area contributed by atoms with Gasteiger partial charge in [0.05, 0.1) is 27.2 Å². The molecule has 2 aromatic heterocycles. The van der Waals surface area contributed by atoms with Gasteiger partial charge in [0.2, 0.25) is 11.9 Å². The van der Waals surface area contributed by atoms with Gasteiger partial charge >= 0.3 is 0 Å². The molecule has 1 amide bonds. The zero-order valence-electron chi connectivity index (χ0n) is 16.0. The lowest BCUT2D eigenvalue weighted by Gasteiger charge is -2.33. The number of hydrogen-bond acceptors (Lipinski definition) is 5. The lowest BCUT2D eigenvalue weighted by molar-refractivity contribution is -0.122. The van der Waals surface area contributed by atoms with Crippen LogP contribution >= 0.6 is 11.3 Å². The first-order valence-electron chi connectivity index (χ1n) is 10.1. The molecule has 1 saturated heterocycles. The fourth-order valence-corrected chi connectivity index (χ4v) is 5.57. The summed E-state index contributed by atoms with van der Waals surface area (Å²) >= 11 is 1.71. The number of fused-ring (bicyclic) bond motifs is 4. The summed E-state index contributed by atoms with van der Waals surface area (Å²) in [6, 6.07) is 16.3. The van der Waals surface area contributed by atoms with Gasteiger partial charge in [0.1, 0.15) is 0 Å². The van der Waals surface area contributed by atoms with Crippen LogP contribution in [0.3, 0.4) is 0 Å². The molecule has 0 saturated carbocycles. The highest BCUT2D eigenvalue weighted by molar-refractivity contribution is 7.22. The fourth-order valence-electron chi connectivity index (χ4n) is 4.57. The van der Waals surface area contributed by atoms with Crippen LogP contribution in [-0.4, -0.2) is 40.1 Å². The standard InChI is InChI=1S/C22H21N5OS/c28-20(27-13-12-26-18-9-3-1-7-16(18)23-21(26)27)15-6-5-11-25(14-15)22-24-17-8-2-4-10-19(17)29-22/h1-4,7-10,15H,5-6,11-14H2. The van der Waals surface area contributed by atoms with E-state index in [0.717, 1.165) is 60.1 Å². The van der Waals surface area contributed by atoms with Crippen molar-refractivity contribution in [1.29, 1.82) is 0 Å². The molecule has 4 aromatic rings. The molecule has 1 fully saturated rings. The molecule has 0 bridgehead atoms. The molecule has 0 N–H and O–H groups in total. The van der Waals surface area contributed by atoms with Gasteiger partial charge in [-0.05, 0) is 37.1 Å². The van der Waals surface area contributed by atoms with Crippen LogP contribution < -0.4 is 9.80 Å². The Morgan fingerprint density at radius 3 is 2.69 bits per heavy atom. The van der Waals surface area contributed by atoms with E-state index in [1.54, 1.807) is 11.3 Å². The number of imidazole rings is 1. The van der Waals surface area contributed by atoms with Crippen LogP contribution in [0.4, 0.5) is 11.1 Å². The van der Waals surface area contributed by atoms with Gasteiger partial charge in [0, 0.05) is 26.2 Å². The van der Waals surface area contributed by atoms with E-state index in [1.165, 1.54) is 4.70 Å². The molecule has 6 nitrogen and oxygen atoms in total. The molecule has 2 aliphatic heterocycles. The monoisotopic (exact) mass is 403 g/mol. The number of para-hydroxylation sites is 3. The maximum Gasteiger partial charge on any atom is 0.234 e. The largest absolute Gasteiger partial charge is 0.347 e. The molecule has 2 aromatic carbocycles. The summed E-state index contributed by atoms with van der Waals surface area (Å²) in [7, 11) is 0. The van der Waals surface area contributed by atoms with Gasteiger partial charge in [-0.1, -0.05) is 35.6 Å². The molecule has 2 aliphatic rings. The molecule has 1 atom stereocenters. The number of rotatable bonds is 2. The van der Waals surface area contributed by atoms with E-state index >= 15 is 0 Å². The Balaban J connectivity index is 1.26. The van der Waals surface area contributed by atoms with Gasteiger partial charge in [-0.15, -0.1) is 0 Å². The SMILES string of the molecule is O=C(C1CCCN(c2nc3ccccc3s2)C1)N1CCn2c1nc1ccccc12. The Morgan fingerprint density at radius 1 is 0.966 bits per heavy atom. The first kappa shape index (κ1) is 17.0. The van der Waals surface area contributed by atoms with Crippen LogP contribution in [0, 0.1) is 5.92 Å². The summed E-state index contributed by atoms with van der Waals surface area (Å²) in [5.74, 6) is 0.986. The van der Waals surface area contributed by atoms with E-state index < -0.39 is 0 Å². The number of piperidine rings is 1. The summed E-state index contributed by atoms with van der Waals surface area (Å²) in [4.78, 5) is 27.1. The van der Waals surface area contributed by atoms with E-state index in [0.29, 0.717) is 6.54 Å². The number of nitrogens with zero attached hydrogens (tertiary/aromatic N) is 5. The molecular formula is C22H21N5OS. The van der Waals surface area contributed by atoms with E-state index in [9.17, 15) is 4.79 Å². The average molecular weight is 404 g/mol. The number of benzene rings is 2. The summed E-state index contributed by atoms with van der Waals surface area (Å²) in [5, 5.41) is 1.03. The molecule has 0 radical (unpaired) electrons. The third-order valence-corrected chi connectivity index (χ3v) is 7.11. The second-order valence-corrected chi connectivity index (χ2v) is 8.80. The van der Waals surface area contributed by atoms with Gasteiger partial charge in [-0.3, -0.25) is 9.69 Å². The number of anilines is 2. The molecule has 29 heavy (non-hydrogen) atoms. The van der Waals surface area contributed by atoms with Crippen LogP contribution in [0.1, 0.15) is 12.8 Å². The van der Waals surface area contributed by atoms with Gasteiger partial charge in [-0.2, -0.15) is 0 Å². The Hall–Kier alpha value is -2.93. The van der Waals surface area contributed by atoms with Crippen molar-refractivity contribution >= 4 is 49.6 Å². The molecule has 4 heterocycles. The topological polar surface area (TPSA) is 54.3 Å². The lowest BCUT2D eigenvalue weighted by atomic mass is 9.97. The van der Waals surface area contributed by atoms with E-state index in [4.69, 9.17) is 9.97 Å².